The van der Waals surface area contributed by atoms with Gasteiger partial charge in [-0.05, 0) is 34.7 Å². The number of benzene rings is 3. The fraction of sp³-hybridized carbons (Fsp3) is 0.500. The van der Waals surface area contributed by atoms with Crippen molar-refractivity contribution in [3.63, 3.8) is 0 Å². The molecular weight excluding hydrogens is 1130 g/mol. The largest absolute Gasteiger partial charge is 1.00 e. The zero-order chi connectivity index (χ0) is 43.0. The van der Waals surface area contributed by atoms with Gasteiger partial charge in [0.15, 0.2) is 0 Å². The summed E-state index contributed by atoms with van der Waals surface area (Å²) < 4.78 is 0. The molecule has 3 aliphatic heterocycles. The summed E-state index contributed by atoms with van der Waals surface area (Å²) >= 11 is 0. The van der Waals surface area contributed by atoms with Crippen molar-refractivity contribution in [2.45, 2.75) is 117 Å². The fourth-order valence-electron chi connectivity index (χ4n) is 5.61. The molecule has 0 bridgehead atoms. The molecule has 4 amide bonds. The van der Waals surface area contributed by atoms with Crippen molar-refractivity contribution in [1.29, 1.82) is 0 Å². The van der Waals surface area contributed by atoms with E-state index in [1.54, 1.807) is 24.3 Å². The van der Waals surface area contributed by atoms with Gasteiger partial charge in [0, 0.05) is 11.6 Å². The van der Waals surface area contributed by atoms with Crippen LogP contribution in [0.4, 0.5) is 28.4 Å². The number of rotatable bonds is 0. The molecule has 3 heterocycles. The van der Waals surface area contributed by atoms with Gasteiger partial charge < -0.3 is 45.8 Å². The van der Waals surface area contributed by atoms with Gasteiger partial charge in [0.2, 0.25) is 0 Å². The first-order valence-electron chi connectivity index (χ1n) is 19.8. The van der Waals surface area contributed by atoms with Crippen LogP contribution >= 0.6 is 0 Å². The standard InChI is InChI=1S/C14H18N2O.C13H16N2O2.C13H17N2O.3C2H6.5Rb/c1-9-10-7-5-6-8-11(10)16-13(17)12(15-9)14(2,3)4;1-13(2,3)10-11(16)14-8-6-4-5-7-9(8)15-12(10)17;1-13(2,3)9-8-14-10-6-4-5-7-11(10)15-12(9)16;3*1-2;;;;;/h5-8,12H,1-4H3,(H,15,16,17);4-7,10H,1-3H3,(H2,14,15,16,17);4-7,9H,8H2,1-3H3,(H,15,16);3*1-2H3;;;;;/q;;-1;;;;5*+1/p-4. The van der Waals surface area contributed by atoms with Gasteiger partial charge in [0.1, 0.15) is 0 Å². The van der Waals surface area contributed by atoms with Crippen LogP contribution < -0.4 is 291 Å². The van der Waals surface area contributed by atoms with Crippen molar-refractivity contribution >= 4 is 57.8 Å². The molecule has 0 aromatic heterocycles. The SMILES string of the molecule is CC.CC.CC.CC(C)(C)C1C(=O)[N-]c2ccccc2[N-]C1=O.CC(C)(C)C1C[N-]c2ccccc2[N-]C1=O.CC1=NC(C(C)(C)C)C(=O)[N-]c2ccccc21.[Rb+].[Rb+].[Rb+].[Rb+].[Rb+]. The van der Waals surface area contributed by atoms with Crippen molar-refractivity contribution in [2.75, 3.05) is 6.54 Å². The summed E-state index contributed by atoms with van der Waals surface area (Å²) in [6, 6.07) is 21.7. The number of nitrogens with zero attached hydrogens (tertiary/aromatic N) is 6. The van der Waals surface area contributed by atoms with Crippen molar-refractivity contribution in [3.05, 3.63) is 105 Å². The van der Waals surface area contributed by atoms with E-state index in [0.29, 0.717) is 23.6 Å². The first kappa shape index (κ1) is 74.0. The molecule has 0 spiro atoms. The zero-order valence-corrected chi connectivity index (χ0v) is 66.3. The third-order valence-corrected chi connectivity index (χ3v) is 8.50. The Kier molecular flexibility index (Phi) is 44.8. The van der Waals surface area contributed by atoms with E-state index in [2.05, 4.69) is 52.3 Å². The van der Waals surface area contributed by atoms with E-state index in [0.717, 1.165) is 22.6 Å². The van der Waals surface area contributed by atoms with Crippen LogP contribution in [0.1, 0.15) is 116 Å². The Bertz CT molecular complexity index is 1770. The van der Waals surface area contributed by atoms with Gasteiger partial charge in [0.05, 0.1) is 29.7 Å². The minimum Gasteiger partial charge on any atom is -0.685 e. The molecule has 0 saturated heterocycles. The maximum atomic E-state index is 12.1. The molecule has 0 fully saturated rings. The van der Waals surface area contributed by atoms with Crippen molar-refractivity contribution < 1.29 is 310 Å². The Morgan fingerprint density at radius 3 is 1.20 bits per heavy atom. The minimum absolute atomic E-state index is 0. The van der Waals surface area contributed by atoms with E-state index in [9.17, 15) is 19.2 Å². The second kappa shape index (κ2) is 36.9. The second-order valence-corrected chi connectivity index (χ2v) is 15.8. The maximum absolute atomic E-state index is 12.1. The molecule has 3 aromatic rings. The molecule has 3 aromatic carbocycles. The van der Waals surface area contributed by atoms with Crippen LogP contribution in [0.15, 0.2) is 77.8 Å². The topological polar surface area (TPSA) is 151 Å². The van der Waals surface area contributed by atoms with Crippen LogP contribution in [0, 0.1) is 28.1 Å². The van der Waals surface area contributed by atoms with Gasteiger partial charge in [-0.2, -0.15) is 5.69 Å². The molecule has 0 radical (unpaired) electrons. The third kappa shape index (κ3) is 24.6. The smallest absolute Gasteiger partial charge is 0.685 e. The average Bonchev–Trinajstić information content (AvgIpc) is 3.46. The molecule has 6 rings (SSSR count). The molecule has 0 aliphatic carbocycles. The Hall–Kier alpha value is 4.04. The molecular formula is C46H65N6O4Rb5. The summed E-state index contributed by atoms with van der Waals surface area (Å²) in [5.74, 6) is -1.94. The number of fused-ring (bicyclic) bond motifs is 3. The summed E-state index contributed by atoms with van der Waals surface area (Å²) in [5, 5.41) is 20.8. The van der Waals surface area contributed by atoms with Crippen molar-refractivity contribution in [2.24, 2.45) is 33.1 Å². The summed E-state index contributed by atoms with van der Waals surface area (Å²) in [7, 11) is 0. The Morgan fingerprint density at radius 2 is 0.803 bits per heavy atom. The van der Waals surface area contributed by atoms with Crippen LogP contribution in [-0.2, 0) is 19.2 Å². The fourth-order valence-corrected chi connectivity index (χ4v) is 5.61. The van der Waals surface area contributed by atoms with E-state index < -0.39 is 29.2 Å². The van der Waals surface area contributed by atoms with Gasteiger partial charge >= 0.3 is 291 Å². The predicted octanol–water partition coefficient (Wildman–Crippen LogP) is -1.12. The minimum atomic E-state index is -0.796. The number of amides is 4. The van der Waals surface area contributed by atoms with Gasteiger partial charge in [-0.3, -0.25) is 4.99 Å². The molecule has 0 saturated carbocycles. The predicted molar refractivity (Wildman–Crippen MR) is 235 cm³/mol. The zero-order valence-electron chi connectivity index (χ0n) is 41.7. The van der Waals surface area contributed by atoms with E-state index in [-0.39, 0.29) is 319 Å². The normalized spacial score (nSPS) is 16.0. The van der Waals surface area contributed by atoms with E-state index in [1.165, 1.54) is 0 Å². The van der Waals surface area contributed by atoms with Crippen LogP contribution in [0.2, 0.25) is 0 Å². The monoisotopic (exact) mass is 1190 g/mol. The Morgan fingerprint density at radius 1 is 0.459 bits per heavy atom. The summed E-state index contributed by atoms with van der Waals surface area (Å²) in [4.78, 5) is 52.6. The third-order valence-electron chi connectivity index (χ3n) is 8.50. The number of benzodiazepines with no additional fused rings is 1. The van der Waals surface area contributed by atoms with Crippen molar-refractivity contribution in [1.82, 2.24) is 0 Å². The number of carbonyl (C=O) groups is 4. The van der Waals surface area contributed by atoms with Crippen molar-refractivity contribution in [3.8, 4) is 0 Å². The number of carbonyl (C=O) groups excluding carboxylic acids is 4. The molecule has 15 heteroatoms. The number of aliphatic imine (C=N–C) groups is 1. The van der Waals surface area contributed by atoms with E-state index in [1.807, 2.05) is 139 Å². The van der Waals surface area contributed by atoms with Gasteiger partial charge in [-0.25, -0.2) is 0 Å². The maximum Gasteiger partial charge on any atom is 1.00 e. The quantitative estimate of drug-likeness (QED) is 0.263. The molecule has 2 atom stereocenters. The molecule has 10 nitrogen and oxygen atoms in total. The Balaban J connectivity index is -0.000000233. The Labute approximate surface area is 614 Å². The average molecular weight is 1190 g/mol. The first-order chi connectivity index (χ1) is 26.3. The van der Waals surface area contributed by atoms with Crippen LogP contribution in [-0.4, -0.2) is 41.9 Å². The van der Waals surface area contributed by atoms with Crippen LogP contribution in [0.3, 0.4) is 0 Å². The second-order valence-electron chi connectivity index (χ2n) is 15.8. The summed E-state index contributed by atoms with van der Waals surface area (Å²) in [6.45, 7) is 32.2. The van der Waals surface area contributed by atoms with Gasteiger partial charge in [0.25, 0.3) is 0 Å². The number of hydrogen-bond acceptors (Lipinski definition) is 5. The molecule has 2 unspecified atom stereocenters. The molecule has 308 valence electrons. The first-order valence-corrected chi connectivity index (χ1v) is 19.8. The molecule has 61 heavy (non-hydrogen) atoms. The number of para-hydroxylation sites is 5. The summed E-state index contributed by atoms with van der Waals surface area (Å²) in [6.07, 6.45) is 0. The van der Waals surface area contributed by atoms with Gasteiger partial charge in [-0.1, -0.05) is 177 Å². The van der Waals surface area contributed by atoms with Gasteiger partial charge in [-0.15, -0.1) is 29.3 Å². The van der Waals surface area contributed by atoms with E-state index >= 15 is 0 Å². The van der Waals surface area contributed by atoms with Crippen LogP contribution in [0.25, 0.3) is 26.6 Å². The van der Waals surface area contributed by atoms with E-state index in [4.69, 9.17) is 0 Å². The van der Waals surface area contributed by atoms with Crippen LogP contribution in [0.5, 0.6) is 0 Å². The number of hydrogen-bond donors (Lipinski definition) is 0. The molecule has 3 aliphatic rings. The summed E-state index contributed by atoms with van der Waals surface area (Å²) in [5.41, 5.74) is 4.25. The molecule has 0 N–H and O–H groups in total.